The fourth-order valence-electron chi connectivity index (χ4n) is 2.89. The number of amides is 1. The van der Waals surface area contributed by atoms with E-state index in [1.807, 2.05) is 27.7 Å². The highest BCUT2D eigenvalue weighted by molar-refractivity contribution is 7.92. The first-order valence-corrected chi connectivity index (χ1v) is 10.8. The molecule has 2 atom stereocenters. The van der Waals surface area contributed by atoms with Crippen molar-refractivity contribution in [2.75, 3.05) is 10.8 Å². The SMILES string of the molecule is Cc1ccc(S(=O)(=O)N2CC(C(=O)NC(C)C(C)C)Oc3ccccc32)cc1. The summed E-state index contributed by atoms with van der Waals surface area (Å²) in [6.07, 6.45) is -0.920. The normalized spacial score (nSPS) is 17.6. The average Bonchev–Trinajstić information content (AvgIpc) is 2.67. The van der Waals surface area contributed by atoms with Crippen LogP contribution < -0.4 is 14.4 Å². The van der Waals surface area contributed by atoms with Gasteiger partial charge in [0.2, 0.25) is 0 Å². The molecule has 2 aromatic rings. The van der Waals surface area contributed by atoms with E-state index in [1.165, 1.54) is 4.31 Å². The molecule has 1 amide bonds. The number of hydrogen-bond donors (Lipinski definition) is 1. The zero-order valence-electron chi connectivity index (χ0n) is 16.5. The van der Waals surface area contributed by atoms with Gasteiger partial charge in [0.25, 0.3) is 15.9 Å². The molecule has 0 aliphatic carbocycles. The third-order valence-corrected chi connectivity index (χ3v) is 6.80. The summed E-state index contributed by atoms with van der Waals surface area (Å²) < 4.78 is 33.7. The van der Waals surface area contributed by atoms with Crippen LogP contribution in [0.5, 0.6) is 5.75 Å². The van der Waals surface area contributed by atoms with E-state index in [1.54, 1.807) is 48.5 Å². The van der Waals surface area contributed by atoms with E-state index in [9.17, 15) is 13.2 Å². The molecule has 1 heterocycles. The zero-order valence-corrected chi connectivity index (χ0v) is 17.4. The highest BCUT2D eigenvalue weighted by Gasteiger charge is 2.37. The van der Waals surface area contributed by atoms with Crippen molar-refractivity contribution < 1.29 is 17.9 Å². The molecule has 0 saturated heterocycles. The van der Waals surface area contributed by atoms with Crippen LogP contribution in [0.15, 0.2) is 53.4 Å². The molecule has 0 fully saturated rings. The van der Waals surface area contributed by atoms with Gasteiger partial charge in [0.15, 0.2) is 6.10 Å². The van der Waals surface area contributed by atoms with Crippen molar-refractivity contribution in [3.8, 4) is 5.75 Å². The molecule has 7 heteroatoms. The molecule has 0 aromatic heterocycles. The Hall–Kier alpha value is -2.54. The molecule has 150 valence electrons. The highest BCUT2D eigenvalue weighted by atomic mass is 32.2. The number of hydrogen-bond acceptors (Lipinski definition) is 4. The Labute approximate surface area is 166 Å². The molecule has 3 rings (SSSR count). The second-order valence-corrected chi connectivity index (χ2v) is 9.33. The van der Waals surface area contributed by atoms with Gasteiger partial charge in [-0.05, 0) is 44.0 Å². The van der Waals surface area contributed by atoms with Crippen molar-refractivity contribution in [3.63, 3.8) is 0 Å². The Morgan fingerprint density at radius 2 is 1.75 bits per heavy atom. The van der Waals surface area contributed by atoms with E-state index in [4.69, 9.17) is 4.74 Å². The lowest BCUT2D eigenvalue weighted by molar-refractivity contribution is -0.128. The predicted molar refractivity (Wildman–Crippen MR) is 109 cm³/mol. The molecule has 0 saturated carbocycles. The number of carbonyl (C=O) groups excluding carboxylic acids is 1. The summed E-state index contributed by atoms with van der Waals surface area (Å²) >= 11 is 0. The fourth-order valence-corrected chi connectivity index (χ4v) is 4.36. The number of aryl methyl sites for hydroxylation is 1. The largest absolute Gasteiger partial charge is 0.476 e. The minimum absolute atomic E-state index is 0.0459. The van der Waals surface area contributed by atoms with Crippen molar-refractivity contribution >= 4 is 21.6 Å². The average molecular weight is 403 g/mol. The molecule has 0 spiro atoms. The molecule has 28 heavy (non-hydrogen) atoms. The van der Waals surface area contributed by atoms with Crippen molar-refractivity contribution in [3.05, 3.63) is 54.1 Å². The minimum atomic E-state index is -3.83. The van der Waals surface area contributed by atoms with Gasteiger partial charge in [0.1, 0.15) is 5.75 Å². The number of ether oxygens (including phenoxy) is 1. The van der Waals surface area contributed by atoms with E-state index in [0.29, 0.717) is 11.4 Å². The molecule has 1 N–H and O–H groups in total. The maximum absolute atomic E-state index is 13.3. The Bertz CT molecular complexity index is 955. The maximum atomic E-state index is 13.3. The summed E-state index contributed by atoms with van der Waals surface area (Å²) in [7, 11) is -3.83. The number of carbonyl (C=O) groups is 1. The molecular formula is C21H26N2O4S. The number of nitrogens with one attached hydrogen (secondary N) is 1. The minimum Gasteiger partial charge on any atom is -0.476 e. The summed E-state index contributed by atoms with van der Waals surface area (Å²) in [5.74, 6) is 0.314. The number of para-hydroxylation sites is 2. The lowest BCUT2D eigenvalue weighted by Gasteiger charge is -2.35. The molecular weight excluding hydrogens is 376 g/mol. The van der Waals surface area contributed by atoms with E-state index in [0.717, 1.165) is 5.56 Å². The van der Waals surface area contributed by atoms with Crippen LogP contribution in [-0.4, -0.2) is 33.0 Å². The van der Waals surface area contributed by atoms with Crippen molar-refractivity contribution in [2.24, 2.45) is 5.92 Å². The maximum Gasteiger partial charge on any atom is 0.264 e. The summed E-state index contributed by atoms with van der Waals surface area (Å²) in [5.41, 5.74) is 1.41. The Morgan fingerprint density at radius 3 is 2.39 bits per heavy atom. The second-order valence-electron chi connectivity index (χ2n) is 7.46. The van der Waals surface area contributed by atoms with Crippen LogP contribution in [0.2, 0.25) is 0 Å². The number of sulfonamides is 1. The first-order valence-electron chi connectivity index (χ1n) is 9.35. The van der Waals surface area contributed by atoms with Crippen LogP contribution in [0.1, 0.15) is 26.3 Å². The molecule has 0 bridgehead atoms. The number of fused-ring (bicyclic) bond motifs is 1. The molecule has 1 aliphatic heterocycles. The number of rotatable bonds is 5. The lowest BCUT2D eigenvalue weighted by atomic mass is 10.1. The van der Waals surface area contributed by atoms with Gasteiger partial charge in [0, 0.05) is 6.04 Å². The summed E-state index contributed by atoms with van der Waals surface area (Å²) in [6.45, 7) is 7.76. The lowest BCUT2D eigenvalue weighted by Crippen LogP contribution is -2.52. The van der Waals surface area contributed by atoms with E-state index in [-0.39, 0.29) is 29.3 Å². The topological polar surface area (TPSA) is 75.7 Å². The standard InChI is InChI=1S/C21H26N2O4S/c1-14(2)16(4)22-21(24)20-13-23(18-7-5-6-8-19(18)27-20)28(25,26)17-11-9-15(3)10-12-17/h5-12,14,16,20H,13H2,1-4H3,(H,22,24). The second kappa shape index (κ2) is 7.83. The number of anilines is 1. The van der Waals surface area contributed by atoms with Crippen LogP contribution in [0.3, 0.4) is 0 Å². The van der Waals surface area contributed by atoms with Gasteiger partial charge in [-0.15, -0.1) is 0 Å². The van der Waals surface area contributed by atoms with Gasteiger partial charge in [-0.1, -0.05) is 43.7 Å². The van der Waals surface area contributed by atoms with Crippen molar-refractivity contribution in [2.45, 2.75) is 44.7 Å². The van der Waals surface area contributed by atoms with Gasteiger partial charge in [-0.3, -0.25) is 9.10 Å². The fraction of sp³-hybridized carbons (Fsp3) is 0.381. The van der Waals surface area contributed by atoms with Gasteiger partial charge in [0.05, 0.1) is 17.1 Å². The van der Waals surface area contributed by atoms with Gasteiger partial charge in [-0.25, -0.2) is 8.42 Å². The Kier molecular flexibility index (Phi) is 5.65. The van der Waals surface area contributed by atoms with Gasteiger partial charge in [-0.2, -0.15) is 0 Å². The number of nitrogens with zero attached hydrogens (tertiary/aromatic N) is 1. The summed E-state index contributed by atoms with van der Waals surface area (Å²) in [5, 5.41) is 2.91. The third kappa shape index (κ3) is 3.99. The third-order valence-electron chi connectivity index (χ3n) is 5.01. The van der Waals surface area contributed by atoms with Crippen LogP contribution in [-0.2, 0) is 14.8 Å². The van der Waals surface area contributed by atoms with Crippen molar-refractivity contribution in [1.82, 2.24) is 5.32 Å². The zero-order chi connectivity index (χ0) is 20.5. The van der Waals surface area contributed by atoms with Crippen LogP contribution in [0.25, 0.3) is 0 Å². The predicted octanol–water partition coefficient (Wildman–Crippen LogP) is 3.11. The molecule has 1 aliphatic rings. The van der Waals surface area contributed by atoms with Gasteiger partial charge < -0.3 is 10.1 Å². The Morgan fingerprint density at radius 1 is 1.11 bits per heavy atom. The van der Waals surface area contributed by atoms with E-state index < -0.39 is 16.1 Å². The molecule has 2 unspecified atom stereocenters. The van der Waals surface area contributed by atoms with Crippen molar-refractivity contribution in [1.29, 1.82) is 0 Å². The Balaban J connectivity index is 1.96. The first kappa shape index (κ1) is 20.2. The molecule has 2 aromatic carbocycles. The summed E-state index contributed by atoms with van der Waals surface area (Å²) in [6, 6.07) is 13.5. The van der Waals surface area contributed by atoms with Crippen LogP contribution in [0, 0.1) is 12.8 Å². The summed E-state index contributed by atoms with van der Waals surface area (Å²) in [4.78, 5) is 12.9. The highest BCUT2D eigenvalue weighted by Crippen LogP contribution is 2.36. The first-order chi connectivity index (χ1) is 13.2. The van der Waals surface area contributed by atoms with E-state index in [2.05, 4.69) is 5.32 Å². The molecule has 6 nitrogen and oxygen atoms in total. The van der Waals surface area contributed by atoms with Crippen LogP contribution >= 0.6 is 0 Å². The molecule has 0 radical (unpaired) electrons. The monoisotopic (exact) mass is 402 g/mol. The number of benzene rings is 2. The quantitative estimate of drug-likeness (QED) is 0.834. The van der Waals surface area contributed by atoms with E-state index >= 15 is 0 Å². The smallest absolute Gasteiger partial charge is 0.264 e. The van der Waals surface area contributed by atoms with Crippen LogP contribution in [0.4, 0.5) is 5.69 Å². The van der Waals surface area contributed by atoms with Gasteiger partial charge >= 0.3 is 0 Å².